The molecular formula is C12H20FN3O3S. The Morgan fingerprint density at radius 2 is 2.05 bits per heavy atom. The van der Waals surface area contributed by atoms with Crippen molar-refractivity contribution in [3.8, 4) is 0 Å². The van der Waals surface area contributed by atoms with Gasteiger partial charge in [0.15, 0.2) is 0 Å². The average molecular weight is 305 g/mol. The summed E-state index contributed by atoms with van der Waals surface area (Å²) in [5, 5.41) is 0. The van der Waals surface area contributed by atoms with Gasteiger partial charge in [0, 0.05) is 32.4 Å². The summed E-state index contributed by atoms with van der Waals surface area (Å²) >= 11 is 0. The zero-order valence-electron chi connectivity index (χ0n) is 11.6. The minimum absolute atomic E-state index is 0.0718. The van der Waals surface area contributed by atoms with E-state index >= 15 is 0 Å². The second-order valence-corrected chi connectivity index (χ2v) is 6.18. The predicted molar refractivity (Wildman–Crippen MR) is 75.4 cm³/mol. The van der Waals surface area contributed by atoms with E-state index < -0.39 is 15.8 Å². The molecule has 6 nitrogen and oxygen atoms in total. The summed E-state index contributed by atoms with van der Waals surface area (Å²) in [6, 6.07) is 3.23. The average Bonchev–Trinajstić information content (AvgIpc) is 2.35. The summed E-state index contributed by atoms with van der Waals surface area (Å²) in [4.78, 5) is 1.75. The summed E-state index contributed by atoms with van der Waals surface area (Å²) in [7, 11) is -0.293. The Morgan fingerprint density at radius 1 is 1.35 bits per heavy atom. The van der Waals surface area contributed by atoms with Gasteiger partial charge < -0.3 is 15.4 Å². The predicted octanol–water partition coefficient (Wildman–Crippen LogP) is 0.264. The number of anilines is 1. The van der Waals surface area contributed by atoms with Gasteiger partial charge in [-0.3, -0.25) is 0 Å². The summed E-state index contributed by atoms with van der Waals surface area (Å²) in [5.41, 5.74) is 5.51. The van der Waals surface area contributed by atoms with Gasteiger partial charge >= 0.3 is 0 Å². The van der Waals surface area contributed by atoms with Gasteiger partial charge in [0.05, 0.1) is 11.5 Å². The molecule has 0 saturated carbocycles. The normalized spacial score (nSPS) is 12.0. The molecule has 0 aliphatic carbocycles. The molecule has 0 radical (unpaired) electrons. The number of benzene rings is 1. The molecule has 0 atom stereocenters. The standard InChI is InChI=1S/C12H20FN3O3S/c1-16(5-6-19-2)4-3-15-20(17,18)12-8-10(13)7-11(14)9-12/h7-9,15H,3-6,14H2,1-2H3. The van der Waals surface area contributed by atoms with Crippen molar-refractivity contribution < 1.29 is 17.5 Å². The number of ether oxygens (including phenoxy) is 1. The van der Waals surface area contributed by atoms with Crippen LogP contribution in [0.5, 0.6) is 0 Å². The molecule has 0 aromatic heterocycles. The lowest BCUT2D eigenvalue weighted by Gasteiger charge is -2.16. The molecule has 0 unspecified atom stereocenters. The van der Waals surface area contributed by atoms with Gasteiger partial charge in [-0.25, -0.2) is 17.5 Å². The van der Waals surface area contributed by atoms with Crippen molar-refractivity contribution in [2.45, 2.75) is 4.90 Å². The molecule has 1 rings (SSSR count). The molecule has 114 valence electrons. The fourth-order valence-electron chi connectivity index (χ4n) is 1.55. The van der Waals surface area contributed by atoms with Crippen LogP contribution in [0.3, 0.4) is 0 Å². The van der Waals surface area contributed by atoms with E-state index in [4.69, 9.17) is 10.5 Å². The Balaban J connectivity index is 2.57. The second kappa shape index (κ2) is 7.53. The Kier molecular flexibility index (Phi) is 6.34. The molecule has 0 heterocycles. The molecule has 1 aromatic carbocycles. The molecule has 0 bridgehead atoms. The summed E-state index contributed by atoms with van der Waals surface area (Å²) < 4.78 is 44.4. The third-order valence-corrected chi connectivity index (χ3v) is 4.11. The van der Waals surface area contributed by atoms with Crippen LogP contribution in [0.4, 0.5) is 10.1 Å². The van der Waals surface area contributed by atoms with Crippen LogP contribution in [0.25, 0.3) is 0 Å². The molecule has 8 heteroatoms. The molecule has 1 aromatic rings. The first-order chi connectivity index (χ1) is 9.35. The maximum atomic E-state index is 13.2. The molecule has 0 fully saturated rings. The van der Waals surface area contributed by atoms with Gasteiger partial charge in [0.25, 0.3) is 0 Å². The van der Waals surface area contributed by atoms with E-state index in [2.05, 4.69) is 4.72 Å². The summed E-state index contributed by atoms with van der Waals surface area (Å²) in [6.45, 7) is 2.02. The molecule has 20 heavy (non-hydrogen) atoms. The van der Waals surface area contributed by atoms with Crippen LogP contribution >= 0.6 is 0 Å². The van der Waals surface area contributed by atoms with Crippen LogP contribution in [-0.4, -0.2) is 53.7 Å². The van der Waals surface area contributed by atoms with E-state index in [1.54, 1.807) is 7.11 Å². The maximum absolute atomic E-state index is 13.2. The number of nitrogens with one attached hydrogen (secondary N) is 1. The van der Waals surface area contributed by atoms with Crippen molar-refractivity contribution in [2.24, 2.45) is 0 Å². The van der Waals surface area contributed by atoms with Crippen molar-refractivity contribution in [2.75, 3.05) is 46.1 Å². The largest absolute Gasteiger partial charge is 0.399 e. The lowest BCUT2D eigenvalue weighted by molar-refractivity contribution is 0.162. The molecule has 3 N–H and O–H groups in total. The third-order valence-electron chi connectivity index (χ3n) is 2.67. The van der Waals surface area contributed by atoms with E-state index in [0.29, 0.717) is 19.7 Å². The van der Waals surface area contributed by atoms with E-state index in [0.717, 1.165) is 12.1 Å². The lowest BCUT2D eigenvalue weighted by atomic mass is 10.3. The van der Waals surface area contributed by atoms with Crippen LogP contribution in [0.1, 0.15) is 0 Å². The number of hydrogen-bond acceptors (Lipinski definition) is 5. The SMILES string of the molecule is COCCN(C)CCNS(=O)(=O)c1cc(N)cc(F)c1. The number of nitrogens with two attached hydrogens (primary N) is 1. The number of methoxy groups -OCH3 is 1. The molecule has 0 amide bonds. The Hall–Kier alpha value is -1.22. The van der Waals surface area contributed by atoms with Gasteiger partial charge in [-0.15, -0.1) is 0 Å². The number of halogens is 1. The molecule has 0 saturated heterocycles. The summed E-state index contributed by atoms with van der Waals surface area (Å²) in [6.07, 6.45) is 0. The number of hydrogen-bond donors (Lipinski definition) is 2. The summed E-state index contributed by atoms with van der Waals surface area (Å²) in [5.74, 6) is -0.678. The van der Waals surface area contributed by atoms with Crippen molar-refractivity contribution in [3.05, 3.63) is 24.0 Å². The first-order valence-electron chi connectivity index (χ1n) is 6.08. The monoisotopic (exact) mass is 305 g/mol. The van der Waals surface area contributed by atoms with E-state index in [1.165, 1.54) is 6.07 Å². The number of rotatable bonds is 8. The van der Waals surface area contributed by atoms with E-state index in [1.807, 2.05) is 11.9 Å². The van der Waals surface area contributed by atoms with E-state index in [9.17, 15) is 12.8 Å². The topological polar surface area (TPSA) is 84.7 Å². The van der Waals surface area contributed by atoms with Crippen LogP contribution in [0, 0.1) is 5.82 Å². The van der Waals surface area contributed by atoms with Crippen molar-refractivity contribution >= 4 is 15.7 Å². The Labute approximate surface area is 118 Å². The third kappa shape index (κ3) is 5.41. The smallest absolute Gasteiger partial charge is 0.240 e. The lowest BCUT2D eigenvalue weighted by Crippen LogP contribution is -2.34. The zero-order chi connectivity index (χ0) is 15.2. The van der Waals surface area contributed by atoms with Gasteiger partial charge in [-0.1, -0.05) is 0 Å². The van der Waals surface area contributed by atoms with Crippen molar-refractivity contribution in [1.29, 1.82) is 0 Å². The fraction of sp³-hybridized carbons (Fsp3) is 0.500. The highest BCUT2D eigenvalue weighted by Gasteiger charge is 2.15. The minimum Gasteiger partial charge on any atom is -0.399 e. The fourth-order valence-corrected chi connectivity index (χ4v) is 2.64. The number of likely N-dealkylation sites (N-methyl/N-ethyl adjacent to an activating group) is 1. The van der Waals surface area contributed by atoms with Gasteiger partial charge in [-0.2, -0.15) is 0 Å². The van der Waals surface area contributed by atoms with Crippen LogP contribution in [-0.2, 0) is 14.8 Å². The first-order valence-corrected chi connectivity index (χ1v) is 7.56. The molecule has 0 aliphatic rings. The highest BCUT2D eigenvalue weighted by molar-refractivity contribution is 7.89. The van der Waals surface area contributed by atoms with E-state index in [-0.39, 0.29) is 17.1 Å². The van der Waals surface area contributed by atoms with Crippen LogP contribution < -0.4 is 10.5 Å². The highest BCUT2D eigenvalue weighted by atomic mass is 32.2. The van der Waals surface area contributed by atoms with Crippen molar-refractivity contribution in [1.82, 2.24) is 9.62 Å². The molecule has 0 spiro atoms. The quantitative estimate of drug-likeness (QED) is 0.673. The highest BCUT2D eigenvalue weighted by Crippen LogP contribution is 2.15. The van der Waals surface area contributed by atoms with Crippen molar-refractivity contribution in [3.63, 3.8) is 0 Å². The van der Waals surface area contributed by atoms with Gasteiger partial charge in [-0.05, 0) is 25.2 Å². The van der Waals surface area contributed by atoms with Crippen LogP contribution in [0.2, 0.25) is 0 Å². The van der Waals surface area contributed by atoms with Gasteiger partial charge in [0.1, 0.15) is 5.82 Å². The Bertz CT molecular complexity index is 516. The molecular weight excluding hydrogens is 285 g/mol. The minimum atomic E-state index is -3.75. The second-order valence-electron chi connectivity index (χ2n) is 4.41. The van der Waals surface area contributed by atoms with Crippen LogP contribution in [0.15, 0.2) is 23.1 Å². The maximum Gasteiger partial charge on any atom is 0.240 e. The number of sulfonamides is 1. The number of nitrogen functional groups attached to an aromatic ring is 1. The Morgan fingerprint density at radius 3 is 2.65 bits per heavy atom. The molecule has 0 aliphatic heterocycles. The van der Waals surface area contributed by atoms with Gasteiger partial charge in [0.2, 0.25) is 10.0 Å². The first kappa shape index (κ1) is 16.8. The zero-order valence-corrected chi connectivity index (χ0v) is 12.4. The number of nitrogens with zero attached hydrogens (tertiary/aromatic N) is 1.